The van der Waals surface area contributed by atoms with Gasteiger partial charge < -0.3 is 5.11 Å². The lowest BCUT2D eigenvalue weighted by Crippen LogP contribution is -1.88. The van der Waals surface area contributed by atoms with Crippen molar-refractivity contribution in [2.75, 3.05) is 0 Å². The highest BCUT2D eigenvalue weighted by Crippen LogP contribution is 2.05. The molecule has 1 aromatic heterocycles. The Morgan fingerprint density at radius 3 is 2.55 bits per heavy atom. The largest absolute Gasteiger partial charge is 0.479 e. The molecule has 4 nitrogen and oxygen atoms in total. The van der Waals surface area contributed by atoms with Crippen molar-refractivity contribution in [2.45, 2.75) is 13.8 Å². The third-order valence-corrected chi connectivity index (χ3v) is 1.17. The van der Waals surface area contributed by atoms with Gasteiger partial charge in [0.25, 0.3) is 0 Å². The summed E-state index contributed by atoms with van der Waals surface area (Å²) in [4.78, 5) is 3.78. The molecule has 60 valence electrons. The maximum Gasteiger partial charge on any atom is 0.312 e. The lowest BCUT2D eigenvalue weighted by atomic mass is 10.3. The van der Waals surface area contributed by atoms with Gasteiger partial charge in [-0.3, -0.25) is 0 Å². The summed E-state index contributed by atoms with van der Waals surface area (Å²) < 4.78 is 1.33. The van der Waals surface area contributed by atoms with Crippen LogP contribution in [0.5, 0.6) is 6.01 Å². The van der Waals surface area contributed by atoms with Gasteiger partial charge in [-0.15, -0.1) is 5.10 Å². The summed E-state index contributed by atoms with van der Waals surface area (Å²) >= 11 is 0. The van der Waals surface area contributed by atoms with E-state index >= 15 is 0 Å². The van der Waals surface area contributed by atoms with Crippen molar-refractivity contribution in [3.8, 4) is 6.01 Å². The van der Waals surface area contributed by atoms with Crippen LogP contribution < -0.4 is 0 Å². The smallest absolute Gasteiger partial charge is 0.312 e. The van der Waals surface area contributed by atoms with Crippen molar-refractivity contribution in [1.29, 1.82) is 0 Å². The van der Waals surface area contributed by atoms with Crippen LogP contribution in [0.1, 0.15) is 19.7 Å². The molecule has 11 heavy (non-hydrogen) atoms. The average Bonchev–Trinajstić information content (AvgIpc) is 2.10. The molecule has 0 aliphatic carbocycles. The van der Waals surface area contributed by atoms with Crippen molar-refractivity contribution < 1.29 is 5.11 Å². The number of aromatic hydroxyl groups is 1. The number of aromatic nitrogens is 3. The lowest BCUT2D eigenvalue weighted by Gasteiger charge is -1.84. The molecule has 0 bridgehead atoms. The summed E-state index contributed by atoms with van der Waals surface area (Å²) in [6, 6.07) is -0.0579. The monoisotopic (exact) mass is 153 g/mol. The zero-order valence-corrected chi connectivity index (χ0v) is 6.87. The van der Waals surface area contributed by atoms with Gasteiger partial charge in [0.15, 0.2) is 5.82 Å². The van der Waals surface area contributed by atoms with Crippen LogP contribution in [0.25, 0.3) is 6.08 Å². The van der Waals surface area contributed by atoms with E-state index in [1.54, 1.807) is 13.1 Å². The molecule has 0 aliphatic rings. The summed E-state index contributed by atoms with van der Waals surface area (Å²) in [6.45, 7) is 3.90. The molecule has 0 atom stereocenters. The quantitative estimate of drug-likeness (QED) is 0.653. The first-order chi connectivity index (χ1) is 5.09. The fourth-order valence-electron chi connectivity index (χ4n) is 0.715. The van der Waals surface area contributed by atoms with E-state index in [1.165, 1.54) is 4.68 Å². The van der Waals surface area contributed by atoms with Gasteiger partial charge in [-0.1, -0.05) is 5.57 Å². The minimum absolute atomic E-state index is 0.0579. The standard InChI is InChI=1S/C7H11N3O/c1-5(2)4-6-8-7(11)10(3)9-6/h4H,1-3H3,(H,8,9,11). The van der Waals surface area contributed by atoms with Crippen molar-refractivity contribution in [2.24, 2.45) is 7.05 Å². The van der Waals surface area contributed by atoms with Gasteiger partial charge in [0.05, 0.1) is 0 Å². The highest BCUT2D eigenvalue weighted by molar-refractivity contribution is 5.43. The SMILES string of the molecule is CC(C)=Cc1nc(O)n(C)n1. The van der Waals surface area contributed by atoms with Gasteiger partial charge in [-0.2, -0.15) is 4.98 Å². The molecule has 0 aliphatic heterocycles. The molecule has 0 saturated heterocycles. The molecule has 0 amide bonds. The molecule has 4 heteroatoms. The molecule has 1 rings (SSSR count). The number of aryl methyl sites for hydroxylation is 1. The second-order valence-corrected chi connectivity index (χ2v) is 2.62. The maximum atomic E-state index is 9.01. The summed E-state index contributed by atoms with van der Waals surface area (Å²) in [6.07, 6.45) is 1.81. The first-order valence-corrected chi connectivity index (χ1v) is 3.34. The Morgan fingerprint density at radius 1 is 1.55 bits per heavy atom. The normalized spacial score (nSPS) is 9.73. The minimum atomic E-state index is -0.0579. The third-order valence-electron chi connectivity index (χ3n) is 1.17. The molecular formula is C7H11N3O. The van der Waals surface area contributed by atoms with Crippen molar-refractivity contribution in [3.63, 3.8) is 0 Å². The van der Waals surface area contributed by atoms with Crippen LogP contribution in [0.3, 0.4) is 0 Å². The second-order valence-electron chi connectivity index (χ2n) is 2.62. The number of rotatable bonds is 1. The maximum absolute atomic E-state index is 9.01. The van der Waals surface area contributed by atoms with Crippen LogP contribution in [0.15, 0.2) is 5.57 Å². The Labute approximate surface area is 65.2 Å². The number of hydrogen-bond acceptors (Lipinski definition) is 3. The third kappa shape index (κ3) is 1.80. The molecule has 0 aromatic carbocycles. The predicted octanol–water partition coefficient (Wildman–Crippen LogP) is 0.944. The van der Waals surface area contributed by atoms with Gasteiger partial charge >= 0.3 is 6.01 Å². The van der Waals surface area contributed by atoms with E-state index < -0.39 is 0 Å². The van der Waals surface area contributed by atoms with Gasteiger partial charge in [-0.05, 0) is 19.9 Å². The van der Waals surface area contributed by atoms with Crippen LogP contribution in [0.2, 0.25) is 0 Å². The van der Waals surface area contributed by atoms with Crippen molar-refractivity contribution >= 4 is 6.08 Å². The zero-order chi connectivity index (χ0) is 8.43. The molecule has 0 radical (unpaired) electrons. The van der Waals surface area contributed by atoms with E-state index in [-0.39, 0.29) is 6.01 Å². The van der Waals surface area contributed by atoms with Gasteiger partial charge in [0, 0.05) is 7.05 Å². The fraction of sp³-hybridized carbons (Fsp3) is 0.429. The predicted molar refractivity (Wildman–Crippen MR) is 42.0 cm³/mol. The second kappa shape index (κ2) is 2.74. The molecule has 0 spiro atoms. The summed E-state index contributed by atoms with van der Waals surface area (Å²) in [7, 11) is 1.64. The van der Waals surface area contributed by atoms with E-state index in [0.717, 1.165) is 5.57 Å². The molecule has 1 N–H and O–H groups in total. The van der Waals surface area contributed by atoms with Crippen molar-refractivity contribution in [1.82, 2.24) is 14.8 Å². The summed E-state index contributed by atoms with van der Waals surface area (Å²) in [5.41, 5.74) is 1.11. The molecule has 0 fully saturated rings. The molecule has 1 heterocycles. The van der Waals surface area contributed by atoms with Crippen LogP contribution in [-0.2, 0) is 7.05 Å². The van der Waals surface area contributed by atoms with Crippen LogP contribution in [-0.4, -0.2) is 19.9 Å². The first kappa shape index (κ1) is 7.78. The number of nitrogens with zero attached hydrogens (tertiary/aromatic N) is 3. The van der Waals surface area contributed by atoms with Gasteiger partial charge in [0.2, 0.25) is 0 Å². The van der Waals surface area contributed by atoms with Gasteiger partial charge in [0.1, 0.15) is 0 Å². The van der Waals surface area contributed by atoms with E-state index in [9.17, 15) is 0 Å². The Balaban J connectivity index is 2.98. The number of hydrogen-bond donors (Lipinski definition) is 1. The van der Waals surface area contributed by atoms with E-state index in [2.05, 4.69) is 10.1 Å². The summed E-state index contributed by atoms with van der Waals surface area (Å²) in [5, 5.41) is 12.9. The van der Waals surface area contributed by atoms with E-state index in [4.69, 9.17) is 5.11 Å². The van der Waals surface area contributed by atoms with Crippen LogP contribution >= 0.6 is 0 Å². The zero-order valence-electron chi connectivity index (χ0n) is 6.87. The van der Waals surface area contributed by atoms with E-state index in [0.29, 0.717) is 5.82 Å². The first-order valence-electron chi connectivity index (χ1n) is 3.34. The Kier molecular flexibility index (Phi) is 1.94. The van der Waals surface area contributed by atoms with Gasteiger partial charge in [-0.25, -0.2) is 4.68 Å². The molecule has 0 unspecified atom stereocenters. The van der Waals surface area contributed by atoms with Crippen molar-refractivity contribution in [3.05, 3.63) is 11.4 Å². The molecule has 0 saturated carbocycles. The fourth-order valence-corrected chi connectivity index (χ4v) is 0.715. The van der Waals surface area contributed by atoms with E-state index in [1.807, 2.05) is 13.8 Å². The minimum Gasteiger partial charge on any atom is -0.479 e. The molecule has 1 aromatic rings. The lowest BCUT2D eigenvalue weighted by molar-refractivity contribution is 0.402. The van der Waals surface area contributed by atoms with Crippen LogP contribution in [0, 0.1) is 0 Å². The Bertz CT molecular complexity index is 264. The Morgan fingerprint density at radius 2 is 2.18 bits per heavy atom. The Hall–Kier alpha value is -1.32. The van der Waals surface area contributed by atoms with Crippen LogP contribution in [0.4, 0.5) is 0 Å². The highest BCUT2D eigenvalue weighted by atomic mass is 16.3. The number of allylic oxidation sites excluding steroid dienone is 1. The highest BCUT2D eigenvalue weighted by Gasteiger charge is 2.00. The average molecular weight is 153 g/mol. The summed E-state index contributed by atoms with van der Waals surface area (Å²) in [5.74, 6) is 0.546. The topological polar surface area (TPSA) is 50.9 Å². The molecular weight excluding hydrogens is 142 g/mol.